The zero-order valence-corrected chi connectivity index (χ0v) is 15.9. The van der Waals surface area contributed by atoms with E-state index in [1.807, 2.05) is 42.5 Å². The summed E-state index contributed by atoms with van der Waals surface area (Å²) >= 11 is 3.41. The highest BCUT2D eigenvalue weighted by atomic mass is 79.9. The molecule has 0 saturated carbocycles. The van der Waals surface area contributed by atoms with Crippen molar-refractivity contribution in [1.82, 2.24) is 9.97 Å². The molecular formula is C20H18BrN3O2. The molecule has 1 aliphatic heterocycles. The van der Waals surface area contributed by atoms with Gasteiger partial charge in [0.2, 0.25) is 5.91 Å². The number of nitrogens with one attached hydrogen (secondary N) is 1. The summed E-state index contributed by atoms with van der Waals surface area (Å²) in [5.74, 6) is 0.509. The van der Waals surface area contributed by atoms with Crippen molar-refractivity contribution in [3.63, 3.8) is 0 Å². The second-order valence-corrected chi connectivity index (χ2v) is 7.45. The molecule has 1 amide bonds. The molecule has 1 unspecified atom stereocenters. The lowest BCUT2D eigenvalue weighted by molar-refractivity contribution is -0.117. The minimum atomic E-state index is -0.144. The number of aromatic nitrogens is 2. The first-order chi connectivity index (χ1) is 12.5. The van der Waals surface area contributed by atoms with Crippen molar-refractivity contribution in [2.24, 2.45) is 0 Å². The number of carbonyl (C=O) groups is 1. The van der Waals surface area contributed by atoms with Crippen molar-refractivity contribution in [1.29, 1.82) is 0 Å². The third-order valence-electron chi connectivity index (χ3n) is 4.85. The molecule has 0 radical (unpaired) electrons. The average molecular weight is 412 g/mol. The van der Waals surface area contributed by atoms with Crippen LogP contribution in [-0.4, -0.2) is 22.4 Å². The number of fused-ring (bicyclic) bond motifs is 1. The lowest BCUT2D eigenvalue weighted by atomic mass is 10.1. The SMILES string of the molecule is CCc1ccc2nc(C3CC(=O)N(c4ccc(Br)cc4)C3)[nH]c(=O)c2c1. The van der Waals surface area contributed by atoms with Gasteiger partial charge >= 0.3 is 0 Å². The summed E-state index contributed by atoms with van der Waals surface area (Å²) in [6, 6.07) is 13.4. The zero-order chi connectivity index (χ0) is 18.3. The highest BCUT2D eigenvalue weighted by Crippen LogP contribution is 2.31. The molecule has 26 heavy (non-hydrogen) atoms. The number of benzene rings is 2. The van der Waals surface area contributed by atoms with Crippen molar-refractivity contribution in [3.8, 4) is 0 Å². The van der Waals surface area contributed by atoms with Crippen LogP contribution in [0.15, 0.2) is 51.7 Å². The number of aromatic amines is 1. The third-order valence-corrected chi connectivity index (χ3v) is 5.38. The molecule has 3 aromatic rings. The first-order valence-electron chi connectivity index (χ1n) is 8.64. The molecule has 0 aliphatic carbocycles. The van der Waals surface area contributed by atoms with Crippen LogP contribution in [-0.2, 0) is 11.2 Å². The lowest BCUT2D eigenvalue weighted by Gasteiger charge is -2.16. The van der Waals surface area contributed by atoms with Gasteiger partial charge in [0.05, 0.1) is 10.9 Å². The number of rotatable bonds is 3. The zero-order valence-electron chi connectivity index (χ0n) is 14.3. The molecule has 0 bridgehead atoms. The van der Waals surface area contributed by atoms with Gasteiger partial charge in [0, 0.05) is 29.0 Å². The van der Waals surface area contributed by atoms with Gasteiger partial charge in [0.15, 0.2) is 0 Å². The van der Waals surface area contributed by atoms with Crippen molar-refractivity contribution in [2.45, 2.75) is 25.7 Å². The number of carbonyl (C=O) groups excluding carboxylic acids is 1. The quantitative estimate of drug-likeness (QED) is 0.713. The van der Waals surface area contributed by atoms with Gasteiger partial charge in [-0.2, -0.15) is 0 Å². The summed E-state index contributed by atoms with van der Waals surface area (Å²) in [5, 5.41) is 0.599. The Labute approximate surface area is 159 Å². The van der Waals surface area contributed by atoms with Gasteiger partial charge in [-0.1, -0.05) is 28.9 Å². The highest BCUT2D eigenvalue weighted by molar-refractivity contribution is 9.10. The number of halogens is 1. The summed E-state index contributed by atoms with van der Waals surface area (Å²) in [6.45, 7) is 2.57. The van der Waals surface area contributed by atoms with E-state index in [0.29, 0.717) is 29.7 Å². The smallest absolute Gasteiger partial charge is 0.258 e. The summed E-state index contributed by atoms with van der Waals surface area (Å²) < 4.78 is 0.969. The predicted octanol–water partition coefficient (Wildman–Crippen LogP) is 3.77. The molecule has 1 aliphatic rings. The van der Waals surface area contributed by atoms with Crippen molar-refractivity contribution in [2.75, 3.05) is 11.4 Å². The lowest BCUT2D eigenvalue weighted by Crippen LogP contribution is -2.24. The number of hydrogen-bond donors (Lipinski definition) is 1. The first kappa shape index (κ1) is 17.0. The topological polar surface area (TPSA) is 66.1 Å². The van der Waals surface area contributed by atoms with Gasteiger partial charge in [-0.15, -0.1) is 0 Å². The maximum Gasteiger partial charge on any atom is 0.258 e. The molecule has 1 aromatic heterocycles. The van der Waals surface area contributed by atoms with E-state index < -0.39 is 0 Å². The summed E-state index contributed by atoms with van der Waals surface area (Å²) in [4.78, 5) is 34.2. The van der Waals surface area contributed by atoms with E-state index in [0.717, 1.165) is 22.1 Å². The fourth-order valence-electron chi connectivity index (χ4n) is 3.38. The number of amides is 1. The normalized spacial score (nSPS) is 17.2. The van der Waals surface area contributed by atoms with E-state index in [1.165, 1.54) is 0 Å². The fraction of sp³-hybridized carbons (Fsp3) is 0.250. The van der Waals surface area contributed by atoms with E-state index in [1.54, 1.807) is 4.90 Å². The van der Waals surface area contributed by atoms with E-state index in [4.69, 9.17) is 0 Å². The Balaban J connectivity index is 1.67. The van der Waals surface area contributed by atoms with Crippen LogP contribution in [0, 0.1) is 0 Å². The molecule has 6 heteroatoms. The van der Waals surface area contributed by atoms with Gasteiger partial charge in [-0.25, -0.2) is 4.98 Å². The van der Waals surface area contributed by atoms with Crippen LogP contribution >= 0.6 is 15.9 Å². The number of aryl methyl sites for hydroxylation is 1. The summed E-state index contributed by atoms with van der Waals surface area (Å²) in [7, 11) is 0. The monoisotopic (exact) mass is 411 g/mol. The standard InChI is InChI=1S/C20H18BrN3O2/c1-2-12-3-8-17-16(9-12)20(26)23-19(22-17)13-10-18(25)24(11-13)15-6-4-14(21)5-7-15/h3-9,13H,2,10-11H2,1H3,(H,22,23,26). The van der Waals surface area contributed by atoms with Crippen molar-refractivity contribution < 1.29 is 4.79 Å². The number of hydrogen-bond acceptors (Lipinski definition) is 3. The fourth-order valence-corrected chi connectivity index (χ4v) is 3.64. The Morgan fingerprint density at radius 1 is 1.19 bits per heavy atom. The molecule has 4 rings (SSSR count). The third kappa shape index (κ3) is 3.05. The molecule has 1 saturated heterocycles. The van der Waals surface area contributed by atoms with Crippen LogP contribution in [0.4, 0.5) is 5.69 Å². The van der Waals surface area contributed by atoms with Gasteiger partial charge in [-0.3, -0.25) is 9.59 Å². The van der Waals surface area contributed by atoms with Gasteiger partial charge in [0.1, 0.15) is 5.82 Å². The Morgan fingerprint density at radius 2 is 1.96 bits per heavy atom. The van der Waals surface area contributed by atoms with Gasteiger partial charge < -0.3 is 9.88 Å². The molecule has 1 N–H and O–H groups in total. The number of anilines is 1. The summed E-state index contributed by atoms with van der Waals surface area (Å²) in [5.41, 5.74) is 2.50. The molecule has 1 atom stereocenters. The molecular weight excluding hydrogens is 394 g/mol. The Bertz CT molecular complexity index is 1040. The van der Waals surface area contributed by atoms with Gasteiger partial charge in [-0.05, 0) is 48.4 Å². The van der Waals surface area contributed by atoms with E-state index in [9.17, 15) is 9.59 Å². The minimum Gasteiger partial charge on any atom is -0.312 e. The van der Waals surface area contributed by atoms with Crippen LogP contribution in [0.3, 0.4) is 0 Å². The second kappa shape index (κ2) is 6.68. The maximum atomic E-state index is 12.5. The maximum absolute atomic E-state index is 12.5. The molecule has 1 fully saturated rings. The van der Waals surface area contributed by atoms with E-state index >= 15 is 0 Å². The number of nitrogens with zero attached hydrogens (tertiary/aromatic N) is 2. The van der Waals surface area contributed by atoms with Crippen LogP contribution in [0.5, 0.6) is 0 Å². The van der Waals surface area contributed by atoms with Crippen LogP contribution < -0.4 is 10.5 Å². The van der Waals surface area contributed by atoms with Crippen molar-refractivity contribution in [3.05, 3.63) is 68.7 Å². The predicted molar refractivity (Wildman–Crippen MR) is 106 cm³/mol. The van der Waals surface area contributed by atoms with Crippen LogP contribution in [0.25, 0.3) is 10.9 Å². The second-order valence-electron chi connectivity index (χ2n) is 6.54. The van der Waals surface area contributed by atoms with E-state index in [-0.39, 0.29) is 17.4 Å². The first-order valence-corrected chi connectivity index (χ1v) is 9.43. The van der Waals surface area contributed by atoms with Crippen molar-refractivity contribution >= 4 is 38.4 Å². The van der Waals surface area contributed by atoms with Gasteiger partial charge in [0.25, 0.3) is 5.56 Å². The average Bonchev–Trinajstić information content (AvgIpc) is 3.04. The number of H-pyrrole nitrogens is 1. The molecule has 2 aromatic carbocycles. The molecule has 5 nitrogen and oxygen atoms in total. The molecule has 2 heterocycles. The molecule has 0 spiro atoms. The largest absolute Gasteiger partial charge is 0.312 e. The Kier molecular flexibility index (Phi) is 4.36. The van der Waals surface area contributed by atoms with Crippen LogP contribution in [0.1, 0.15) is 30.7 Å². The Hall–Kier alpha value is -2.47. The minimum absolute atomic E-state index is 0.0430. The van der Waals surface area contributed by atoms with E-state index in [2.05, 4.69) is 32.8 Å². The molecule has 132 valence electrons. The van der Waals surface area contributed by atoms with Crippen LogP contribution in [0.2, 0.25) is 0 Å². The Morgan fingerprint density at radius 3 is 2.69 bits per heavy atom. The highest BCUT2D eigenvalue weighted by Gasteiger charge is 2.33. The summed E-state index contributed by atoms with van der Waals surface area (Å²) in [6.07, 6.45) is 1.22.